The number of rotatable bonds is 5. The minimum Gasteiger partial charge on any atom is -0.397 e. The van der Waals surface area contributed by atoms with Crippen molar-refractivity contribution in [2.45, 2.75) is 6.92 Å². The Labute approximate surface area is 181 Å². The fourth-order valence-electron chi connectivity index (χ4n) is 3.44. The molecule has 1 saturated heterocycles. The topological polar surface area (TPSA) is 82.3 Å². The van der Waals surface area contributed by atoms with Crippen LogP contribution in [-0.2, 0) is 0 Å². The van der Waals surface area contributed by atoms with Gasteiger partial charge in [-0.15, -0.1) is 0 Å². The van der Waals surface area contributed by atoms with Gasteiger partial charge >= 0.3 is 0 Å². The van der Waals surface area contributed by atoms with E-state index >= 15 is 0 Å². The van der Waals surface area contributed by atoms with Crippen LogP contribution in [0.15, 0.2) is 48.7 Å². The third-order valence-electron chi connectivity index (χ3n) is 5.28. The molecule has 1 aliphatic rings. The lowest BCUT2D eigenvalue weighted by Crippen LogP contribution is -2.44. The number of aromatic nitrogens is 2. The summed E-state index contributed by atoms with van der Waals surface area (Å²) in [7, 11) is 2.16. The van der Waals surface area contributed by atoms with E-state index < -0.39 is 0 Å². The van der Waals surface area contributed by atoms with Crippen molar-refractivity contribution in [3.05, 3.63) is 59.2 Å². The molecule has 0 atom stereocenters. The fraction of sp³-hybridized carbons (Fsp3) is 0.273. The minimum absolute atomic E-state index is 0.425. The van der Waals surface area contributed by atoms with E-state index in [1.165, 1.54) is 5.69 Å². The van der Waals surface area contributed by atoms with Gasteiger partial charge in [-0.2, -0.15) is 4.98 Å². The molecular weight excluding hydrogens is 398 g/mol. The molecule has 30 heavy (non-hydrogen) atoms. The van der Waals surface area contributed by atoms with Crippen LogP contribution >= 0.6 is 11.6 Å². The molecule has 4 rings (SSSR count). The number of para-hydroxylation sites is 1. The van der Waals surface area contributed by atoms with Crippen molar-refractivity contribution in [1.82, 2.24) is 14.9 Å². The molecule has 3 aromatic rings. The molecule has 7 nitrogen and oxygen atoms in total. The molecule has 1 aliphatic heterocycles. The number of nitrogen functional groups attached to an aromatic ring is 1. The van der Waals surface area contributed by atoms with Crippen LogP contribution < -0.4 is 21.3 Å². The summed E-state index contributed by atoms with van der Waals surface area (Å²) < 4.78 is 0. The van der Waals surface area contributed by atoms with Crippen molar-refractivity contribution in [2.75, 3.05) is 54.5 Å². The number of halogens is 1. The highest BCUT2D eigenvalue weighted by atomic mass is 35.5. The maximum atomic E-state index is 6.31. The lowest BCUT2D eigenvalue weighted by Gasteiger charge is -2.34. The Bertz CT molecular complexity index is 994. The van der Waals surface area contributed by atoms with Crippen molar-refractivity contribution < 1.29 is 0 Å². The first-order valence-corrected chi connectivity index (χ1v) is 10.3. The molecule has 0 amide bonds. The number of nitrogens with two attached hydrogens (primary N) is 1. The Hall–Kier alpha value is -3.03. The number of nitrogens with one attached hydrogen (secondary N) is 2. The molecule has 0 unspecified atom stereocenters. The number of piperazine rings is 1. The third-order valence-corrected chi connectivity index (χ3v) is 5.56. The molecule has 4 N–H and O–H groups in total. The highest BCUT2D eigenvalue weighted by Gasteiger charge is 2.14. The van der Waals surface area contributed by atoms with Crippen LogP contribution in [0.4, 0.5) is 34.5 Å². The number of nitrogens with zero attached hydrogens (tertiary/aromatic N) is 4. The molecule has 2 heterocycles. The van der Waals surface area contributed by atoms with E-state index in [1.807, 2.05) is 37.3 Å². The lowest BCUT2D eigenvalue weighted by molar-refractivity contribution is 0.313. The van der Waals surface area contributed by atoms with Gasteiger partial charge in [0.05, 0.1) is 17.6 Å². The third kappa shape index (κ3) is 4.58. The maximum absolute atomic E-state index is 6.31. The molecule has 8 heteroatoms. The highest BCUT2D eigenvalue weighted by Crippen LogP contribution is 2.30. The van der Waals surface area contributed by atoms with Crippen LogP contribution in [0.2, 0.25) is 5.02 Å². The molecule has 0 aliphatic carbocycles. The van der Waals surface area contributed by atoms with Gasteiger partial charge in [0, 0.05) is 37.6 Å². The first kappa shape index (κ1) is 20.3. The Kier molecular flexibility index (Phi) is 5.92. The predicted octanol–water partition coefficient (Wildman–Crippen LogP) is 4.26. The summed E-state index contributed by atoms with van der Waals surface area (Å²) >= 11 is 6.31. The Morgan fingerprint density at radius 2 is 1.73 bits per heavy atom. The van der Waals surface area contributed by atoms with E-state index in [2.05, 4.69) is 49.6 Å². The van der Waals surface area contributed by atoms with Crippen molar-refractivity contribution >= 4 is 46.1 Å². The number of hydrogen-bond donors (Lipinski definition) is 3. The first-order chi connectivity index (χ1) is 14.5. The lowest BCUT2D eigenvalue weighted by atomic mass is 10.1. The second-order valence-corrected chi connectivity index (χ2v) is 7.92. The molecule has 0 saturated carbocycles. The Morgan fingerprint density at radius 1 is 1.00 bits per heavy atom. The van der Waals surface area contributed by atoms with Crippen molar-refractivity contribution in [1.29, 1.82) is 0 Å². The van der Waals surface area contributed by atoms with Crippen LogP contribution in [0, 0.1) is 6.92 Å². The minimum atomic E-state index is 0.425. The largest absolute Gasteiger partial charge is 0.397 e. The number of aryl methyl sites for hydroxylation is 1. The van der Waals surface area contributed by atoms with E-state index in [9.17, 15) is 0 Å². The van der Waals surface area contributed by atoms with Gasteiger partial charge in [0.25, 0.3) is 0 Å². The number of benzene rings is 2. The zero-order valence-corrected chi connectivity index (χ0v) is 17.9. The molecule has 2 aromatic carbocycles. The molecule has 1 aromatic heterocycles. The summed E-state index contributed by atoms with van der Waals surface area (Å²) in [4.78, 5) is 13.6. The number of likely N-dealkylation sites (N-methyl/N-ethyl adjacent to an activating group) is 1. The van der Waals surface area contributed by atoms with Gasteiger partial charge in [0.15, 0.2) is 5.82 Å². The van der Waals surface area contributed by atoms with Crippen LogP contribution in [-0.4, -0.2) is 48.1 Å². The zero-order chi connectivity index (χ0) is 21.1. The van der Waals surface area contributed by atoms with Gasteiger partial charge in [-0.25, -0.2) is 4.98 Å². The summed E-state index contributed by atoms with van der Waals surface area (Å²) in [5, 5.41) is 6.90. The number of hydrogen-bond acceptors (Lipinski definition) is 7. The summed E-state index contributed by atoms with van der Waals surface area (Å²) in [5.74, 6) is 0.964. The smallest absolute Gasteiger partial charge is 0.229 e. The van der Waals surface area contributed by atoms with Crippen LogP contribution in [0.5, 0.6) is 0 Å². The second-order valence-electron chi connectivity index (χ2n) is 7.52. The molecule has 1 fully saturated rings. The SMILES string of the molecule is Cc1cccc(N)c1Nc1nc(Nc2ccc(N3CCN(C)CC3)cc2)ncc1Cl. The zero-order valence-electron chi connectivity index (χ0n) is 17.2. The van der Waals surface area contributed by atoms with E-state index in [0.717, 1.165) is 43.1 Å². The van der Waals surface area contributed by atoms with Crippen molar-refractivity contribution in [2.24, 2.45) is 0 Å². The van der Waals surface area contributed by atoms with E-state index in [0.29, 0.717) is 22.5 Å². The predicted molar refractivity (Wildman–Crippen MR) is 125 cm³/mol. The van der Waals surface area contributed by atoms with Gasteiger partial charge in [-0.1, -0.05) is 23.7 Å². The first-order valence-electron chi connectivity index (χ1n) is 9.95. The van der Waals surface area contributed by atoms with Crippen molar-refractivity contribution in [3.63, 3.8) is 0 Å². The Balaban J connectivity index is 1.48. The summed E-state index contributed by atoms with van der Waals surface area (Å²) in [5.41, 5.74) is 10.7. The summed E-state index contributed by atoms with van der Waals surface area (Å²) in [6.45, 7) is 6.23. The molecule has 0 radical (unpaired) electrons. The average molecular weight is 424 g/mol. The molecule has 0 spiro atoms. The van der Waals surface area contributed by atoms with Gasteiger partial charge in [-0.3, -0.25) is 0 Å². The Morgan fingerprint density at radius 3 is 2.43 bits per heavy atom. The van der Waals surface area contributed by atoms with Crippen molar-refractivity contribution in [3.8, 4) is 0 Å². The molecular formula is C22H26ClN7. The van der Waals surface area contributed by atoms with Gasteiger partial charge < -0.3 is 26.2 Å². The van der Waals surface area contributed by atoms with E-state index in [1.54, 1.807) is 6.20 Å². The normalized spacial score (nSPS) is 14.6. The van der Waals surface area contributed by atoms with Gasteiger partial charge in [0.1, 0.15) is 5.02 Å². The van der Waals surface area contributed by atoms with Gasteiger partial charge in [-0.05, 0) is 49.9 Å². The standard InChI is InChI=1S/C22H26ClN7/c1-15-4-3-5-19(24)20(15)27-21-18(23)14-25-22(28-21)26-16-6-8-17(9-7-16)30-12-10-29(2)11-13-30/h3-9,14H,10-13,24H2,1-2H3,(H2,25,26,27,28). The van der Waals surface area contributed by atoms with E-state index in [4.69, 9.17) is 17.3 Å². The summed E-state index contributed by atoms with van der Waals surface area (Å²) in [6, 6.07) is 14.1. The maximum Gasteiger partial charge on any atom is 0.229 e. The van der Waals surface area contributed by atoms with Gasteiger partial charge in [0.2, 0.25) is 5.95 Å². The van der Waals surface area contributed by atoms with Crippen LogP contribution in [0.1, 0.15) is 5.56 Å². The quantitative estimate of drug-likeness (QED) is 0.529. The monoisotopic (exact) mass is 423 g/mol. The fourth-order valence-corrected chi connectivity index (χ4v) is 3.58. The molecule has 0 bridgehead atoms. The highest BCUT2D eigenvalue weighted by molar-refractivity contribution is 6.33. The van der Waals surface area contributed by atoms with E-state index in [-0.39, 0.29) is 0 Å². The van der Waals surface area contributed by atoms with Crippen LogP contribution in [0.3, 0.4) is 0 Å². The average Bonchev–Trinajstić information content (AvgIpc) is 2.74. The number of anilines is 6. The summed E-state index contributed by atoms with van der Waals surface area (Å²) in [6.07, 6.45) is 1.58. The molecule has 156 valence electrons. The second kappa shape index (κ2) is 8.77. The van der Waals surface area contributed by atoms with Crippen LogP contribution in [0.25, 0.3) is 0 Å².